The lowest BCUT2D eigenvalue weighted by Gasteiger charge is -2.40. The third-order valence-electron chi connectivity index (χ3n) is 6.49. The van der Waals surface area contributed by atoms with Crippen LogP contribution in [-0.4, -0.2) is 54.5 Å². The van der Waals surface area contributed by atoms with Crippen molar-refractivity contribution in [2.24, 2.45) is 4.99 Å². The molecule has 0 amide bonds. The summed E-state index contributed by atoms with van der Waals surface area (Å²) < 4.78 is 8.31. The Morgan fingerprint density at radius 3 is 2.77 bits per heavy atom. The molecule has 2 aromatic heterocycles. The predicted octanol–water partition coefficient (Wildman–Crippen LogP) is 4.42. The summed E-state index contributed by atoms with van der Waals surface area (Å²) in [6.07, 6.45) is 10.7. The first-order valence-corrected chi connectivity index (χ1v) is 15.5. The van der Waals surface area contributed by atoms with E-state index in [1.807, 2.05) is 48.8 Å². The van der Waals surface area contributed by atoms with Gasteiger partial charge in [-0.1, -0.05) is 49.8 Å². The highest BCUT2D eigenvalue weighted by Gasteiger charge is 2.42. The summed E-state index contributed by atoms with van der Waals surface area (Å²) >= 11 is 0. The molecule has 0 bridgehead atoms. The van der Waals surface area contributed by atoms with Crippen molar-refractivity contribution in [1.82, 2.24) is 14.5 Å². The van der Waals surface area contributed by atoms with Crippen molar-refractivity contribution in [2.75, 3.05) is 19.6 Å². The molecule has 0 aliphatic carbocycles. The molecule has 0 N–H and O–H groups in total. The number of benzene rings is 1. The standard InChI is InChI=1S/C28H29N5OSi/c1-35(2,3)16-12-22-7-4-5-8-27(22)34-25-11-15-32(20-25)28(13-6-14-30-21-28)24-9-10-26-23(17-29)18-31-33(26)19-24/h4-10,13-14,18-19,25H,11,15,20-21H2,1-3H3. The minimum Gasteiger partial charge on any atom is -0.488 e. The van der Waals surface area contributed by atoms with Gasteiger partial charge in [0.1, 0.15) is 26.0 Å². The third-order valence-corrected chi connectivity index (χ3v) is 7.37. The first-order chi connectivity index (χ1) is 16.9. The normalized spacial score (nSPS) is 22.1. The molecular weight excluding hydrogens is 450 g/mol. The molecule has 0 radical (unpaired) electrons. The fourth-order valence-electron chi connectivity index (χ4n) is 4.70. The van der Waals surface area contributed by atoms with Gasteiger partial charge in [0.2, 0.25) is 0 Å². The second-order valence-corrected chi connectivity index (χ2v) is 14.9. The highest BCUT2D eigenvalue weighted by atomic mass is 28.3. The number of nitrogens with zero attached hydrogens (tertiary/aromatic N) is 5. The number of likely N-dealkylation sites (tertiary alicyclic amines) is 1. The van der Waals surface area contributed by atoms with Crippen LogP contribution in [0.4, 0.5) is 0 Å². The van der Waals surface area contributed by atoms with Gasteiger partial charge >= 0.3 is 0 Å². The van der Waals surface area contributed by atoms with Gasteiger partial charge < -0.3 is 4.74 Å². The fourth-order valence-corrected chi connectivity index (χ4v) is 5.21. The molecule has 7 heteroatoms. The van der Waals surface area contributed by atoms with Crippen molar-refractivity contribution in [2.45, 2.75) is 37.7 Å². The van der Waals surface area contributed by atoms with E-state index >= 15 is 0 Å². The molecule has 0 saturated carbocycles. The second kappa shape index (κ2) is 9.18. The van der Waals surface area contributed by atoms with Crippen LogP contribution in [-0.2, 0) is 5.54 Å². The third kappa shape index (κ3) is 4.66. The summed E-state index contributed by atoms with van der Waals surface area (Å²) in [6.45, 7) is 9.06. The Morgan fingerprint density at radius 1 is 1.14 bits per heavy atom. The topological polar surface area (TPSA) is 65.9 Å². The van der Waals surface area contributed by atoms with Gasteiger partial charge in [-0.15, -0.1) is 5.54 Å². The number of nitriles is 1. The van der Waals surface area contributed by atoms with E-state index in [0.29, 0.717) is 12.1 Å². The maximum Gasteiger partial charge on any atom is 0.135 e. The van der Waals surface area contributed by atoms with Crippen LogP contribution in [0.5, 0.6) is 5.75 Å². The maximum atomic E-state index is 9.35. The van der Waals surface area contributed by atoms with E-state index in [-0.39, 0.29) is 11.6 Å². The highest BCUT2D eigenvalue weighted by molar-refractivity contribution is 6.83. The maximum absolute atomic E-state index is 9.35. The number of hydrogen-bond donors (Lipinski definition) is 0. The smallest absolute Gasteiger partial charge is 0.135 e. The van der Waals surface area contributed by atoms with Crippen LogP contribution in [0.3, 0.4) is 0 Å². The van der Waals surface area contributed by atoms with Crippen LogP contribution >= 0.6 is 0 Å². The van der Waals surface area contributed by atoms with E-state index in [9.17, 15) is 5.26 Å². The van der Waals surface area contributed by atoms with Crippen LogP contribution in [0.1, 0.15) is 23.1 Å². The first-order valence-electron chi connectivity index (χ1n) is 12.0. The molecule has 6 nitrogen and oxygen atoms in total. The van der Waals surface area contributed by atoms with Crippen LogP contribution in [0, 0.1) is 22.8 Å². The summed E-state index contributed by atoms with van der Waals surface area (Å²) in [7, 11) is -1.48. The van der Waals surface area contributed by atoms with Gasteiger partial charge in [0, 0.05) is 25.5 Å². The summed E-state index contributed by atoms with van der Waals surface area (Å²) in [4.78, 5) is 7.09. The lowest BCUT2D eigenvalue weighted by Crippen LogP contribution is -2.47. The number of pyridine rings is 1. The number of aromatic nitrogens is 2. The molecule has 2 atom stereocenters. The number of dihydropyridines is 1. The van der Waals surface area contributed by atoms with Gasteiger partial charge in [-0.05, 0) is 36.3 Å². The molecule has 5 rings (SSSR count). The second-order valence-electron chi connectivity index (χ2n) is 10.2. The molecule has 1 aromatic carbocycles. The van der Waals surface area contributed by atoms with Crippen LogP contribution < -0.4 is 4.74 Å². The molecule has 0 spiro atoms. The first kappa shape index (κ1) is 23.1. The van der Waals surface area contributed by atoms with Crippen molar-refractivity contribution >= 4 is 19.8 Å². The van der Waals surface area contributed by atoms with Gasteiger partial charge in [-0.3, -0.25) is 9.89 Å². The van der Waals surface area contributed by atoms with Crippen molar-refractivity contribution in [3.63, 3.8) is 0 Å². The number of fused-ring (bicyclic) bond motifs is 1. The zero-order valence-electron chi connectivity index (χ0n) is 20.4. The number of allylic oxidation sites excluding steroid dienone is 1. The molecule has 35 heavy (non-hydrogen) atoms. The van der Waals surface area contributed by atoms with Gasteiger partial charge in [-0.2, -0.15) is 10.4 Å². The Kier molecular flexibility index (Phi) is 6.06. The number of para-hydroxylation sites is 1. The number of rotatable bonds is 4. The minimum absolute atomic E-state index is 0.0691. The van der Waals surface area contributed by atoms with Crippen LogP contribution in [0.15, 0.2) is 65.9 Å². The zero-order chi connectivity index (χ0) is 24.5. The highest BCUT2D eigenvalue weighted by Crippen LogP contribution is 2.36. The zero-order valence-corrected chi connectivity index (χ0v) is 21.4. The Morgan fingerprint density at radius 2 is 2.00 bits per heavy atom. The molecule has 2 unspecified atom stereocenters. The van der Waals surface area contributed by atoms with E-state index in [4.69, 9.17) is 4.74 Å². The summed E-state index contributed by atoms with van der Waals surface area (Å²) in [6, 6.07) is 14.4. The number of aliphatic imine (C=N–C) groups is 1. The Balaban J connectivity index is 1.41. The lowest BCUT2D eigenvalue weighted by atomic mass is 9.87. The van der Waals surface area contributed by atoms with E-state index in [1.165, 1.54) is 0 Å². The van der Waals surface area contributed by atoms with Crippen molar-refractivity contribution in [3.05, 3.63) is 77.6 Å². The van der Waals surface area contributed by atoms with E-state index < -0.39 is 8.07 Å². The average molecular weight is 480 g/mol. The van der Waals surface area contributed by atoms with E-state index in [2.05, 4.69) is 64.3 Å². The van der Waals surface area contributed by atoms with Gasteiger partial charge in [-0.25, -0.2) is 4.52 Å². The molecule has 176 valence electrons. The lowest BCUT2D eigenvalue weighted by molar-refractivity contribution is 0.139. The molecule has 1 saturated heterocycles. The van der Waals surface area contributed by atoms with Crippen molar-refractivity contribution < 1.29 is 4.74 Å². The average Bonchev–Trinajstić information content (AvgIpc) is 3.50. The van der Waals surface area contributed by atoms with Gasteiger partial charge in [0.25, 0.3) is 0 Å². The largest absolute Gasteiger partial charge is 0.488 e. The van der Waals surface area contributed by atoms with Gasteiger partial charge in [0.15, 0.2) is 0 Å². The molecule has 1 fully saturated rings. The minimum atomic E-state index is -1.48. The van der Waals surface area contributed by atoms with Gasteiger partial charge in [0.05, 0.1) is 34.9 Å². The Bertz CT molecular complexity index is 1410. The van der Waals surface area contributed by atoms with Crippen molar-refractivity contribution in [1.29, 1.82) is 5.26 Å². The van der Waals surface area contributed by atoms with Crippen molar-refractivity contribution in [3.8, 4) is 23.3 Å². The Hall–Kier alpha value is -3.65. The van der Waals surface area contributed by atoms with Crippen LogP contribution in [0.2, 0.25) is 19.6 Å². The predicted molar refractivity (Wildman–Crippen MR) is 141 cm³/mol. The van der Waals surface area contributed by atoms with Crippen LogP contribution in [0.25, 0.3) is 5.52 Å². The quantitative estimate of drug-likeness (QED) is 0.410. The monoisotopic (exact) mass is 479 g/mol. The molecule has 2 aliphatic rings. The molecule has 3 aromatic rings. The Labute approximate surface area is 207 Å². The fraction of sp³-hybridized carbons (Fsp3) is 0.321. The molecular formula is C28H29N5OSi. The molecule has 4 heterocycles. The SMILES string of the molecule is C[Si](C)(C)C#Cc1ccccc1OC1CCN(C2(c3ccc4c(C#N)cnn4c3)C=CC=NC2)C1. The van der Waals surface area contributed by atoms with E-state index in [0.717, 1.165) is 41.9 Å². The molecule has 2 aliphatic heterocycles. The van der Waals surface area contributed by atoms with E-state index in [1.54, 1.807) is 10.7 Å². The summed E-state index contributed by atoms with van der Waals surface area (Å²) in [5, 5.41) is 13.7. The number of ether oxygens (including phenoxy) is 1. The summed E-state index contributed by atoms with van der Waals surface area (Å²) in [5.41, 5.74) is 6.53. The number of hydrogen-bond acceptors (Lipinski definition) is 5. The summed E-state index contributed by atoms with van der Waals surface area (Å²) in [5.74, 6) is 4.23.